The van der Waals surface area contributed by atoms with Crippen molar-refractivity contribution in [2.45, 2.75) is 13.3 Å². The van der Waals surface area contributed by atoms with Crippen LogP contribution in [0.2, 0.25) is 0 Å². The number of hydrogen-bond donors (Lipinski definition) is 2. The summed E-state index contributed by atoms with van der Waals surface area (Å²) in [5.74, 6) is -0.528. The molecule has 1 rings (SSSR count). The van der Waals surface area contributed by atoms with Gasteiger partial charge in [-0.1, -0.05) is 6.07 Å². The highest BCUT2D eigenvalue weighted by molar-refractivity contribution is 5.87. The van der Waals surface area contributed by atoms with Crippen LogP contribution in [-0.2, 0) is 4.79 Å². The Balaban J connectivity index is 2.34. The maximum Gasteiger partial charge on any atom is 0.335 e. The number of carbonyl (C=O) groups excluding carboxylic acids is 1. The molecule has 0 aliphatic heterocycles. The summed E-state index contributed by atoms with van der Waals surface area (Å²) in [5.41, 5.74) is 0.198. The monoisotopic (exact) mass is 237 g/mol. The van der Waals surface area contributed by atoms with Crippen LogP contribution in [0.4, 0.5) is 0 Å². The molecule has 0 bridgehead atoms. The summed E-state index contributed by atoms with van der Waals surface area (Å²) in [6.07, 6.45) is 0.677. The molecule has 92 valence electrons. The van der Waals surface area contributed by atoms with Crippen molar-refractivity contribution >= 4 is 11.9 Å². The highest BCUT2D eigenvalue weighted by Gasteiger charge is 2.03. The van der Waals surface area contributed by atoms with Crippen molar-refractivity contribution in [3.8, 4) is 5.75 Å². The third kappa shape index (κ3) is 5.01. The molecule has 0 aromatic heterocycles. The average Bonchev–Trinajstić information content (AvgIpc) is 2.28. The van der Waals surface area contributed by atoms with Gasteiger partial charge in [-0.05, 0) is 24.6 Å². The van der Waals surface area contributed by atoms with E-state index in [1.165, 1.54) is 19.1 Å². The van der Waals surface area contributed by atoms with Crippen LogP contribution in [-0.4, -0.2) is 30.1 Å². The fourth-order valence-electron chi connectivity index (χ4n) is 1.25. The van der Waals surface area contributed by atoms with E-state index in [1.54, 1.807) is 12.1 Å². The Bertz CT molecular complexity index is 403. The lowest BCUT2D eigenvalue weighted by Crippen LogP contribution is -2.22. The van der Waals surface area contributed by atoms with Crippen LogP contribution in [0.25, 0.3) is 0 Å². The van der Waals surface area contributed by atoms with Gasteiger partial charge in [0, 0.05) is 13.5 Å². The van der Waals surface area contributed by atoms with Gasteiger partial charge in [0.1, 0.15) is 5.75 Å². The molecule has 0 heterocycles. The Morgan fingerprint density at radius 3 is 2.82 bits per heavy atom. The van der Waals surface area contributed by atoms with Gasteiger partial charge in [0.05, 0.1) is 12.2 Å². The van der Waals surface area contributed by atoms with E-state index in [0.717, 1.165) is 0 Å². The second kappa shape index (κ2) is 6.52. The van der Waals surface area contributed by atoms with Gasteiger partial charge >= 0.3 is 5.97 Å². The summed E-state index contributed by atoms with van der Waals surface area (Å²) in [5, 5.41) is 11.4. The van der Waals surface area contributed by atoms with Crippen molar-refractivity contribution in [2.24, 2.45) is 0 Å². The van der Waals surface area contributed by atoms with Gasteiger partial charge in [-0.25, -0.2) is 4.79 Å². The Labute approximate surface area is 99.4 Å². The van der Waals surface area contributed by atoms with E-state index in [4.69, 9.17) is 9.84 Å². The van der Waals surface area contributed by atoms with Crippen LogP contribution >= 0.6 is 0 Å². The Morgan fingerprint density at radius 1 is 1.41 bits per heavy atom. The van der Waals surface area contributed by atoms with Gasteiger partial charge in [0.15, 0.2) is 0 Å². The van der Waals surface area contributed by atoms with Crippen molar-refractivity contribution in [1.29, 1.82) is 0 Å². The lowest BCUT2D eigenvalue weighted by molar-refractivity contribution is -0.118. The number of rotatable bonds is 6. The number of aromatic carboxylic acids is 1. The van der Waals surface area contributed by atoms with Crippen LogP contribution in [0.15, 0.2) is 24.3 Å². The summed E-state index contributed by atoms with van der Waals surface area (Å²) in [6, 6.07) is 6.31. The molecule has 0 aliphatic rings. The molecule has 0 atom stereocenters. The molecule has 1 aromatic carbocycles. The number of carbonyl (C=O) groups is 2. The van der Waals surface area contributed by atoms with E-state index in [9.17, 15) is 9.59 Å². The molecular formula is C12H15NO4. The van der Waals surface area contributed by atoms with Gasteiger partial charge in [-0.15, -0.1) is 0 Å². The van der Waals surface area contributed by atoms with E-state index >= 15 is 0 Å². The Kier molecular flexibility index (Phi) is 5.00. The maximum atomic E-state index is 10.7. The summed E-state index contributed by atoms with van der Waals surface area (Å²) in [6.45, 7) is 2.44. The van der Waals surface area contributed by atoms with E-state index in [2.05, 4.69) is 5.32 Å². The molecule has 0 radical (unpaired) electrons. The van der Waals surface area contributed by atoms with E-state index in [0.29, 0.717) is 25.3 Å². The molecule has 1 aromatic rings. The molecule has 5 nitrogen and oxygen atoms in total. The number of benzene rings is 1. The second-order valence-electron chi connectivity index (χ2n) is 3.52. The number of nitrogens with one attached hydrogen (secondary N) is 1. The zero-order chi connectivity index (χ0) is 12.7. The highest BCUT2D eigenvalue weighted by atomic mass is 16.5. The number of carboxylic acid groups (broad SMARTS) is 1. The summed E-state index contributed by atoms with van der Waals surface area (Å²) in [4.78, 5) is 21.3. The predicted molar refractivity (Wildman–Crippen MR) is 62.2 cm³/mol. The molecule has 0 saturated carbocycles. The largest absolute Gasteiger partial charge is 0.494 e. The minimum Gasteiger partial charge on any atom is -0.494 e. The Hall–Kier alpha value is -2.04. The molecule has 17 heavy (non-hydrogen) atoms. The first kappa shape index (κ1) is 13.0. The zero-order valence-corrected chi connectivity index (χ0v) is 9.60. The molecule has 1 amide bonds. The molecule has 0 unspecified atom stereocenters. The fourth-order valence-corrected chi connectivity index (χ4v) is 1.25. The van der Waals surface area contributed by atoms with E-state index in [-0.39, 0.29) is 11.5 Å². The first-order valence-corrected chi connectivity index (χ1v) is 5.30. The third-order valence-corrected chi connectivity index (χ3v) is 2.04. The molecular weight excluding hydrogens is 222 g/mol. The lowest BCUT2D eigenvalue weighted by atomic mass is 10.2. The quantitative estimate of drug-likeness (QED) is 0.731. The molecule has 0 spiro atoms. The summed E-state index contributed by atoms with van der Waals surface area (Å²) in [7, 11) is 0. The smallest absolute Gasteiger partial charge is 0.335 e. The van der Waals surface area contributed by atoms with Crippen LogP contribution in [0.5, 0.6) is 5.75 Å². The average molecular weight is 237 g/mol. The maximum absolute atomic E-state index is 10.7. The molecule has 0 fully saturated rings. The van der Waals surface area contributed by atoms with E-state index in [1.807, 2.05) is 0 Å². The van der Waals surface area contributed by atoms with Crippen LogP contribution < -0.4 is 10.1 Å². The van der Waals surface area contributed by atoms with Crippen molar-refractivity contribution in [2.75, 3.05) is 13.2 Å². The minimum atomic E-state index is -0.978. The van der Waals surface area contributed by atoms with Gasteiger partial charge in [0.2, 0.25) is 5.91 Å². The standard InChI is InChI=1S/C12H15NO4/c1-9(14)13-6-3-7-17-11-5-2-4-10(8-11)12(15)16/h2,4-5,8H,3,6-7H2,1H3,(H,13,14)(H,15,16). The van der Waals surface area contributed by atoms with Gasteiger partial charge in [0.25, 0.3) is 0 Å². The summed E-state index contributed by atoms with van der Waals surface area (Å²) >= 11 is 0. The molecule has 5 heteroatoms. The number of ether oxygens (including phenoxy) is 1. The van der Waals surface area contributed by atoms with Crippen LogP contribution in [0.1, 0.15) is 23.7 Å². The van der Waals surface area contributed by atoms with Crippen LogP contribution in [0.3, 0.4) is 0 Å². The first-order chi connectivity index (χ1) is 8.09. The molecule has 2 N–H and O–H groups in total. The number of hydrogen-bond acceptors (Lipinski definition) is 3. The first-order valence-electron chi connectivity index (χ1n) is 5.30. The topological polar surface area (TPSA) is 75.6 Å². The van der Waals surface area contributed by atoms with Gasteiger partial charge in [-0.2, -0.15) is 0 Å². The molecule has 0 saturated heterocycles. The van der Waals surface area contributed by atoms with Gasteiger partial charge < -0.3 is 15.2 Å². The highest BCUT2D eigenvalue weighted by Crippen LogP contribution is 2.13. The van der Waals surface area contributed by atoms with Gasteiger partial charge in [-0.3, -0.25) is 4.79 Å². The van der Waals surface area contributed by atoms with Crippen molar-refractivity contribution in [1.82, 2.24) is 5.32 Å². The Morgan fingerprint density at radius 2 is 2.18 bits per heavy atom. The lowest BCUT2D eigenvalue weighted by Gasteiger charge is -2.06. The number of amides is 1. The minimum absolute atomic E-state index is 0.0714. The zero-order valence-electron chi connectivity index (χ0n) is 9.60. The van der Waals surface area contributed by atoms with Crippen LogP contribution in [0, 0.1) is 0 Å². The predicted octanol–water partition coefficient (Wildman–Crippen LogP) is 1.29. The second-order valence-corrected chi connectivity index (χ2v) is 3.52. The SMILES string of the molecule is CC(=O)NCCCOc1cccc(C(=O)O)c1. The molecule has 0 aliphatic carbocycles. The summed E-state index contributed by atoms with van der Waals surface area (Å²) < 4.78 is 5.36. The van der Waals surface area contributed by atoms with Crippen molar-refractivity contribution < 1.29 is 19.4 Å². The number of carboxylic acids is 1. The normalized spacial score (nSPS) is 9.71. The fraction of sp³-hybridized carbons (Fsp3) is 0.333. The van der Waals surface area contributed by atoms with E-state index < -0.39 is 5.97 Å². The third-order valence-electron chi connectivity index (χ3n) is 2.04. The van der Waals surface area contributed by atoms with Crippen molar-refractivity contribution in [3.05, 3.63) is 29.8 Å². The van der Waals surface area contributed by atoms with Crippen molar-refractivity contribution in [3.63, 3.8) is 0 Å².